The van der Waals surface area contributed by atoms with E-state index in [0.717, 1.165) is 41.0 Å². The Morgan fingerprint density at radius 3 is 2.50 bits per heavy atom. The van der Waals surface area contributed by atoms with Crippen LogP contribution >= 0.6 is 12.2 Å². The Morgan fingerprint density at radius 1 is 1.12 bits per heavy atom. The van der Waals surface area contributed by atoms with E-state index in [2.05, 4.69) is 12.2 Å². The molecule has 0 radical (unpaired) electrons. The van der Waals surface area contributed by atoms with Gasteiger partial charge in [-0.2, -0.15) is 0 Å². The molecule has 1 unspecified atom stereocenters. The quantitative estimate of drug-likeness (QED) is 0.481. The van der Waals surface area contributed by atoms with Crippen LogP contribution in [0.3, 0.4) is 0 Å². The number of hydrogen-bond donors (Lipinski definition) is 1. The number of carbonyl (C=O) groups excluding carboxylic acids is 1. The van der Waals surface area contributed by atoms with Gasteiger partial charge in [-0.15, -0.1) is 0 Å². The van der Waals surface area contributed by atoms with E-state index in [0.29, 0.717) is 11.6 Å². The van der Waals surface area contributed by atoms with Crippen molar-refractivity contribution >= 4 is 28.7 Å². The average Bonchev–Trinajstić information content (AvgIpc) is 2.67. The second-order valence-electron chi connectivity index (χ2n) is 6.25. The van der Waals surface area contributed by atoms with Crippen molar-refractivity contribution < 1.29 is 9.53 Å². The standard InChI is InChI=1S/C22H27NO2S/c1-5-15(4)21(24)20-16(6-2)11-10-13-18(20)23-22(26)17-12-8-9-14-19(17)25-7-3/h8-15H,5-7H2,1-4H3,(H,23,26). The lowest BCUT2D eigenvalue weighted by molar-refractivity contribution is 0.0927. The maximum Gasteiger partial charge on any atom is 0.168 e. The van der Waals surface area contributed by atoms with E-state index in [-0.39, 0.29) is 11.7 Å². The van der Waals surface area contributed by atoms with E-state index in [4.69, 9.17) is 17.0 Å². The van der Waals surface area contributed by atoms with Gasteiger partial charge in [0.15, 0.2) is 5.78 Å². The third-order valence-electron chi connectivity index (χ3n) is 4.52. The van der Waals surface area contributed by atoms with Gasteiger partial charge < -0.3 is 10.1 Å². The molecule has 0 bridgehead atoms. The highest BCUT2D eigenvalue weighted by molar-refractivity contribution is 7.81. The summed E-state index contributed by atoms with van der Waals surface area (Å²) in [6.07, 6.45) is 1.61. The summed E-state index contributed by atoms with van der Waals surface area (Å²) in [5.74, 6) is 0.884. The van der Waals surface area contributed by atoms with E-state index in [1.807, 2.05) is 63.2 Å². The second-order valence-corrected chi connectivity index (χ2v) is 6.66. The molecule has 0 saturated carbocycles. The molecule has 3 nitrogen and oxygen atoms in total. The van der Waals surface area contributed by atoms with Crippen LogP contribution in [0.1, 0.15) is 55.6 Å². The first-order valence-electron chi connectivity index (χ1n) is 9.22. The number of ketones is 1. The predicted molar refractivity (Wildman–Crippen MR) is 113 cm³/mol. The number of rotatable bonds is 8. The average molecular weight is 370 g/mol. The van der Waals surface area contributed by atoms with Crippen LogP contribution in [0.4, 0.5) is 5.69 Å². The molecular formula is C22H27NO2S. The first kappa shape index (κ1) is 20.1. The summed E-state index contributed by atoms with van der Waals surface area (Å²) in [6.45, 7) is 8.59. The fourth-order valence-corrected chi connectivity index (χ4v) is 3.13. The van der Waals surface area contributed by atoms with Gasteiger partial charge in [0.05, 0.1) is 17.9 Å². The first-order valence-corrected chi connectivity index (χ1v) is 9.63. The molecule has 2 aromatic rings. The number of anilines is 1. The minimum absolute atomic E-state index is 0.0208. The van der Waals surface area contributed by atoms with E-state index >= 15 is 0 Å². The van der Waals surface area contributed by atoms with Crippen LogP contribution in [-0.2, 0) is 6.42 Å². The monoisotopic (exact) mass is 369 g/mol. The van der Waals surface area contributed by atoms with Crippen molar-refractivity contribution in [1.82, 2.24) is 0 Å². The first-order chi connectivity index (χ1) is 12.5. The van der Waals surface area contributed by atoms with Crippen LogP contribution in [0.25, 0.3) is 0 Å². The van der Waals surface area contributed by atoms with Gasteiger partial charge in [0.2, 0.25) is 0 Å². The molecule has 0 aliphatic carbocycles. The highest BCUT2D eigenvalue weighted by Crippen LogP contribution is 2.27. The van der Waals surface area contributed by atoms with Gasteiger partial charge in [-0.05, 0) is 43.5 Å². The van der Waals surface area contributed by atoms with E-state index in [1.165, 1.54) is 0 Å². The molecule has 2 aromatic carbocycles. The molecule has 26 heavy (non-hydrogen) atoms. The van der Waals surface area contributed by atoms with Crippen LogP contribution in [0.5, 0.6) is 5.75 Å². The van der Waals surface area contributed by atoms with Gasteiger partial charge in [-0.3, -0.25) is 4.79 Å². The number of hydrogen-bond acceptors (Lipinski definition) is 3. The summed E-state index contributed by atoms with van der Waals surface area (Å²) in [5.41, 5.74) is 3.39. The number of Topliss-reactive ketones (excluding diaryl/α,β-unsaturated/α-hetero) is 1. The Bertz CT molecular complexity index is 785. The van der Waals surface area contributed by atoms with Crippen LogP contribution in [0, 0.1) is 5.92 Å². The number of nitrogens with one attached hydrogen (secondary N) is 1. The minimum atomic E-state index is -0.0208. The van der Waals surface area contributed by atoms with Crippen molar-refractivity contribution in [3.63, 3.8) is 0 Å². The summed E-state index contributed by atoms with van der Waals surface area (Å²) in [5, 5.41) is 3.29. The van der Waals surface area contributed by atoms with E-state index in [9.17, 15) is 4.79 Å². The fourth-order valence-electron chi connectivity index (χ4n) is 2.85. The SMILES string of the molecule is CCOc1ccccc1C(=S)Nc1cccc(CC)c1C(=O)C(C)CC. The summed E-state index contributed by atoms with van der Waals surface area (Å²) >= 11 is 5.62. The summed E-state index contributed by atoms with van der Waals surface area (Å²) in [4.78, 5) is 13.5. The third kappa shape index (κ3) is 4.50. The molecule has 0 heterocycles. The van der Waals surface area contributed by atoms with Gasteiger partial charge in [0.25, 0.3) is 0 Å². The Balaban J connectivity index is 2.41. The molecule has 138 valence electrons. The van der Waals surface area contributed by atoms with Crippen molar-refractivity contribution in [3.8, 4) is 5.75 Å². The Morgan fingerprint density at radius 2 is 1.85 bits per heavy atom. The molecule has 0 fully saturated rings. The lowest BCUT2D eigenvalue weighted by atomic mass is 9.91. The number of para-hydroxylation sites is 1. The zero-order valence-electron chi connectivity index (χ0n) is 16.0. The Kier molecular flexibility index (Phi) is 7.34. The van der Waals surface area contributed by atoms with Gasteiger partial charge in [0.1, 0.15) is 10.7 Å². The topological polar surface area (TPSA) is 38.3 Å². The van der Waals surface area contributed by atoms with Gasteiger partial charge >= 0.3 is 0 Å². The van der Waals surface area contributed by atoms with Gasteiger partial charge in [0, 0.05) is 11.5 Å². The van der Waals surface area contributed by atoms with Crippen molar-refractivity contribution in [2.24, 2.45) is 5.92 Å². The van der Waals surface area contributed by atoms with Crippen LogP contribution in [-0.4, -0.2) is 17.4 Å². The molecule has 4 heteroatoms. The van der Waals surface area contributed by atoms with Crippen molar-refractivity contribution in [3.05, 3.63) is 59.2 Å². The van der Waals surface area contributed by atoms with E-state index in [1.54, 1.807) is 0 Å². The van der Waals surface area contributed by atoms with Crippen LogP contribution < -0.4 is 10.1 Å². The molecule has 1 atom stereocenters. The molecule has 0 spiro atoms. The number of carbonyl (C=O) groups is 1. The third-order valence-corrected chi connectivity index (χ3v) is 4.84. The largest absolute Gasteiger partial charge is 0.493 e. The Labute approximate surface area is 161 Å². The number of ether oxygens (including phenoxy) is 1. The lowest BCUT2D eigenvalue weighted by Gasteiger charge is -2.19. The predicted octanol–water partition coefficient (Wildman–Crippen LogP) is 5.66. The molecule has 0 aliphatic rings. The number of thiocarbonyl (C=S) groups is 1. The zero-order valence-corrected chi connectivity index (χ0v) is 16.8. The van der Waals surface area contributed by atoms with Crippen LogP contribution in [0.15, 0.2) is 42.5 Å². The molecule has 0 aromatic heterocycles. The molecule has 0 saturated heterocycles. The zero-order chi connectivity index (χ0) is 19.1. The van der Waals surface area contributed by atoms with E-state index < -0.39 is 0 Å². The molecular weight excluding hydrogens is 342 g/mol. The normalized spacial score (nSPS) is 11.7. The lowest BCUT2D eigenvalue weighted by Crippen LogP contribution is -2.19. The smallest absolute Gasteiger partial charge is 0.168 e. The highest BCUT2D eigenvalue weighted by Gasteiger charge is 2.21. The Hall–Kier alpha value is -2.20. The maximum atomic E-state index is 13.0. The summed E-state index contributed by atoms with van der Waals surface area (Å²) in [6, 6.07) is 13.6. The number of aryl methyl sites for hydroxylation is 1. The molecule has 0 amide bonds. The van der Waals surface area contributed by atoms with Crippen molar-refractivity contribution in [2.45, 2.75) is 40.5 Å². The highest BCUT2D eigenvalue weighted by atomic mass is 32.1. The van der Waals surface area contributed by atoms with Crippen molar-refractivity contribution in [2.75, 3.05) is 11.9 Å². The van der Waals surface area contributed by atoms with Gasteiger partial charge in [-0.1, -0.05) is 57.3 Å². The molecule has 0 aliphatic heterocycles. The van der Waals surface area contributed by atoms with Crippen LogP contribution in [0.2, 0.25) is 0 Å². The second kappa shape index (κ2) is 9.48. The van der Waals surface area contributed by atoms with Gasteiger partial charge in [-0.25, -0.2) is 0 Å². The summed E-state index contributed by atoms with van der Waals surface area (Å²) < 4.78 is 5.68. The summed E-state index contributed by atoms with van der Waals surface area (Å²) in [7, 11) is 0. The molecule has 1 N–H and O–H groups in total. The molecule has 2 rings (SSSR count). The fraction of sp³-hybridized carbons (Fsp3) is 0.364. The maximum absolute atomic E-state index is 13.0. The number of benzene rings is 2. The minimum Gasteiger partial charge on any atom is -0.493 e. The van der Waals surface area contributed by atoms with Crippen molar-refractivity contribution in [1.29, 1.82) is 0 Å².